The molecule has 0 atom stereocenters. The van der Waals surface area contributed by atoms with Crippen LogP contribution in [0.25, 0.3) is 11.1 Å². The molecule has 0 bridgehead atoms. The molecule has 2 aromatic rings. The summed E-state index contributed by atoms with van der Waals surface area (Å²) in [6.45, 7) is 1.22. The molecule has 5 heteroatoms. The van der Waals surface area contributed by atoms with Gasteiger partial charge >= 0.3 is 6.09 Å². The zero-order valence-electron chi connectivity index (χ0n) is 12.7. The Balaban J connectivity index is 1.57. The van der Waals surface area contributed by atoms with Crippen molar-refractivity contribution >= 4 is 6.09 Å². The SMILES string of the molecule is O=C(OCOc1ccc(-c2ccccc2)c(F)c1)N1CCCC1. The van der Waals surface area contributed by atoms with E-state index in [-0.39, 0.29) is 18.7 Å². The summed E-state index contributed by atoms with van der Waals surface area (Å²) in [6.07, 6.45) is 1.62. The van der Waals surface area contributed by atoms with Gasteiger partial charge in [0, 0.05) is 24.7 Å². The molecule has 0 N–H and O–H groups in total. The second kappa shape index (κ2) is 7.13. The molecule has 23 heavy (non-hydrogen) atoms. The molecular weight excluding hydrogens is 297 g/mol. The molecule has 1 fully saturated rings. The molecule has 0 aromatic heterocycles. The average molecular weight is 315 g/mol. The van der Waals surface area contributed by atoms with Crippen molar-refractivity contribution in [2.75, 3.05) is 19.9 Å². The van der Waals surface area contributed by atoms with Crippen molar-refractivity contribution in [2.24, 2.45) is 0 Å². The van der Waals surface area contributed by atoms with E-state index >= 15 is 0 Å². The minimum Gasteiger partial charge on any atom is -0.457 e. The van der Waals surface area contributed by atoms with Crippen LogP contribution in [0, 0.1) is 5.82 Å². The lowest BCUT2D eigenvalue weighted by Gasteiger charge is -2.15. The van der Waals surface area contributed by atoms with Crippen LogP contribution in [-0.4, -0.2) is 30.9 Å². The topological polar surface area (TPSA) is 38.8 Å². The highest BCUT2D eigenvalue weighted by Crippen LogP contribution is 2.26. The number of ether oxygens (including phenoxy) is 2. The Kier molecular flexibility index (Phi) is 4.76. The monoisotopic (exact) mass is 315 g/mol. The first-order valence-corrected chi connectivity index (χ1v) is 7.63. The number of hydrogen-bond donors (Lipinski definition) is 0. The van der Waals surface area contributed by atoms with E-state index in [2.05, 4.69) is 0 Å². The first kappa shape index (κ1) is 15.3. The van der Waals surface area contributed by atoms with E-state index in [1.165, 1.54) is 6.07 Å². The van der Waals surface area contributed by atoms with Crippen LogP contribution in [0.5, 0.6) is 5.75 Å². The third-order valence-electron chi connectivity index (χ3n) is 3.80. The Morgan fingerprint density at radius 1 is 1.09 bits per heavy atom. The Labute approximate surface area is 134 Å². The van der Waals surface area contributed by atoms with Gasteiger partial charge in [0.2, 0.25) is 6.79 Å². The van der Waals surface area contributed by atoms with Gasteiger partial charge in [-0.05, 0) is 30.5 Å². The van der Waals surface area contributed by atoms with Crippen molar-refractivity contribution in [3.8, 4) is 16.9 Å². The van der Waals surface area contributed by atoms with Crippen molar-refractivity contribution in [1.82, 2.24) is 4.90 Å². The maximum absolute atomic E-state index is 14.2. The molecule has 120 valence electrons. The lowest BCUT2D eigenvalue weighted by molar-refractivity contribution is 0.0390. The predicted molar refractivity (Wildman–Crippen MR) is 84.6 cm³/mol. The predicted octanol–water partition coefficient (Wildman–Crippen LogP) is 4.06. The summed E-state index contributed by atoms with van der Waals surface area (Å²) in [7, 11) is 0. The Bertz CT molecular complexity index is 669. The standard InChI is InChI=1S/C18H18FNO3/c19-17-12-15(8-9-16(17)14-6-2-1-3-7-14)22-13-23-18(21)20-10-4-5-11-20/h1-3,6-9,12H,4-5,10-11,13H2. The zero-order chi connectivity index (χ0) is 16.1. The van der Waals surface area contributed by atoms with E-state index in [1.807, 2.05) is 30.3 Å². The Morgan fingerprint density at radius 2 is 1.83 bits per heavy atom. The smallest absolute Gasteiger partial charge is 0.412 e. The van der Waals surface area contributed by atoms with Crippen LogP contribution in [0.3, 0.4) is 0 Å². The lowest BCUT2D eigenvalue weighted by atomic mass is 10.1. The van der Waals surface area contributed by atoms with Crippen molar-refractivity contribution in [3.05, 3.63) is 54.3 Å². The third-order valence-corrected chi connectivity index (χ3v) is 3.80. The summed E-state index contributed by atoms with van der Waals surface area (Å²) < 4.78 is 24.5. The van der Waals surface area contributed by atoms with Crippen LogP contribution in [-0.2, 0) is 4.74 Å². The number of rotatable bonds is 4. The van der Waals surface area contributed by atoms with Gasteiger partial charge in [0.1, 0.15) is 11.6 Å². The fourth-order valence-electron chi connectivity index (χ4n) is 2.58. The van der Waals surface area contributed by atoms with Crippen LogP contribution in [0.4, 0.5) is 9.18 Å². The summed E-state index contributed by atoms with van der Waals surface area (Å²) in [4.78, 5) is 13.3. The minimum absolute atomic E-state index is 0.223. The fourth-order valence-corrected chi connectivity index (χ4v) is 2.58. The zero-order valence-corrected chi connectivity index (χ0v) is 12.7. The molecule has 1 heterocycles. The van der Waals surface area contributed by atoms with Crippen LogP contribution in [0.1, 0.15) is 12.8 Å². The fraction of sp³-hybridized carbons (Fsp3) is 0.278. The normalized spacial score (nSPS) is 13.9. The number of benzene rings is 2. The Hall–Kier alpha value is -2.56. The number of likely N-dealkylation sites (tertiary alicyclic amines) is 1. The average Bonchev–Trinajstić information content (AvgIpc) is 3.10. The van der Waals surface area contributed by atoms with E-state index in [1.54, 1.807) is 17.0 Å². The number of carbonyl (C=O) groups excluding carboxylic acids is 1. The Morgan fingerprint density at radius 3 is 2.52 bits per heavy atom. The molecule has 0 aliphatic carbocycles. The van der Waals surface area contributed by atoms with Crippen LogP contribution in [0.15, 0.2) is 48.5 Å². The molecule has 1 saturated heterocycles. The van der Waals surface area contributed by atoms with E-state index < -0.39 is 0 Å². The number of hydrogen-bond acceptors (Lipinski definition) is 3. The first-order chi connectivity index (χ1) is 11.2. The molecule has 1 amide bonds. The summed E-state index contributed by atoms with van der Waals surface area (Å²) in [5, 5.41) is 0. The number of amides is 1. The number of carbonyl (C=O) groups is 1. The van der Waals surface area contributed by atoms with Crippen LogP contribution < -0.4 is 4.74 Å². The molecule has 0 spiro atoms. The van der Waals surface area contributed by atoms with Gasteiger partial charge in [-0.15, -0.1) is 0 Å². The summed E-state index contributed by atoms with van der Waals surface area (Å²) in [5.74, 6) is -0.0454. The van der Waals surface area contributed by atoms with Crippen molar-refractivity contribution in [2.45, 2.75) is 12.8 Å². The molecular formula is C18H18FNO3. The molecule has 1 aliphatic rings. The molecule has 0 radical (unpaired) electrons. The van der Waals surface area contributed by atoms with Crippen LogP contribution >= 0.6 is 0 Å². The number of nitrogens with zero attached hydrogens (tertiary/aromatic N) is 1. The quantitative estimate of drug-likeness (QED) is 0.799. The van der Waals surface area contributed by atoms with E-state index in [9.17, 15) is 9.18 Å². The molecule has 4 nitrogen and oxygen atoms in total. The first-order valence-electron chi connectivity index (χ1n) is 7.63. The maximum Gasteiger partial charge on any atom is 0.412 e. The highest BCUT2D eigenvalue weighted by atomic mass is 19.1. The highest BCUT2D eigenvalue weighted by molar-refractivity contribution is 5.67. The molecule has 1 aliphatic heterocycles. The summed E-state index contributed by atoms with van der Waals surface area (Å²) >= 11 is 0. The minimum atomic E-state index is -0.385. The van der Waals surface area contributed by atoms with Gasteiger partial charge in [0.25, 0.3) is 0 Å². The second-order valence-corrected chi connectivity index (χ2v) is 5.37. The van der Waals surface area contributed by atoms with Gasteiger partial charge in [-0.25, -0.2) is 9.18 Å². The molecule has 3 rings (SSSR count). The van der Waals surface area contributed by atoms with Gasteiger partial charge in [0.15, 0.2) is 0 Å². The van der Waals surface area contributed by atoms with Gasteiger partial charge < -0.3 is 14.4 Å². The van der Waals surface area contributed by atoms with Crippen LogP contribution in [0.2, 0.25) is 0 Å². The molecule has 2 aromatic carbocycles. The largest absolute Gasteiger partial charge is 0.457 e. The van der Waals surface area contributed by atoms with E-state index in [0.29, 0.717) is 11.3 Å². The van der Waals surface area contributed by atoms with Crippen molar-refractivity contribution in [3.63, 3.8) is 0 Å². The van der Waals surface area contributed by atoms with E-state index in [4.69, 9.17) is 9.47 Å². The van der Waals surface area contributed by atoms with Gasteiger partial charge in [0.05, 0.1) is 0 Å². The van der Waals surface area contributed by atoms with Gasteiger partial charge in [-0.1, -0.05) is 30.3 Å². The summed E-state index contributed by atoms with van der Waals surface area (Å²) in [5.41, 5.74) is 1.31. The second-order valence-electron chi connectivity index (χ2n) is 5.37. The highest BCUT2D eigenvalue weighted by Gasteiger charge is 2.19. The molecule has 0 unspecified atom stereocenters. The number of halogens is 1. The van der Waals surface area contributed by atoms with Gasteiger partial charge in [-0.2, -0.15) is 0 Å². The van der Waals surface area contributed by atoms with E-state index in [0.717, 1.165) is 31.5 Å². The summed E-state index contributed by atoms with van der Waals surface area (Å²) in [6, 6.07) is 13.9. The van der Waals surface area contributed by atoms with Gasteiger partial charge in [-0.3, -0.25) is 0 Å². The van der Waals surface area contributed by atoms with Crippen molar-refractivity contribution < 1.29 is 18.7 Å². The third kappa shape index (κ3) is 3.80. The van der Waals surface area contributed by atoms with Crippen molar-refractivity contribution in [1.29, 1.82) is 0 Å². The maximum atomic E-state index is 14.2. The molecule has 0 saturated carbocycles. The lowest BCUT2D eigenvalue weighted by Crippen LogP contribution is -2.29.